The summed E-state index contributed by atoms with van der Waals surface area (Å²) < 4.78 is 14.4. The number of benzene rings is 2. The molecular formula is C14H14BrFN2. The number of nitrogens with two attached hydrogens (primary N) is 1. The zero-order valence-corrected chi connectivity index (χ0v) is 11.6. The van der Waals surface area contributed by atoms with Crippen LogP contribution in [-0.4, -0.2) is 7.05 Å². The van der Waals surface area contributed by atoms with Crippen molar-refractivity contribution in [2.24, 2.45) is 0 Å². The van der Waals surface area contributed by atoms with Crippen LogP contribution in [0.4, 0.5) is 15.8 Å². The first-order chi connectivity index (χ1) is 8.58. The van der Waals surface area contributed by atoms with Crippen LogP contribution >= 0.6 is 15.9 Å². The summed E-state index contributed by atoms with van der Waals surface area (Å²) >= 11 is 3.39. The molecule has 2 N–H and O–H groups in total. The van der Waals surface area contributed by atoms with E-state index >= 15 is 0 Å². The van der Waals surface area contributed by atoms with Gasteiger partial charge in [0, 0.05) is 18.1 Å². The van der Waals surface area contributed by atoms with Crippen molar-refractivity contribution in [3.05, 3.63) is 58.3 Å². The van der Waals surface area contributed by atoms with E-state index < -0.39 is 0 Å². The highest BCUT2D eigenvalue weighted by Gasteiger charge is 2.09. The van der Waals surface area contributed by atoms with E-state index in [1.807, 2.05) is 42.3 Å². The van der Waals surface area contributed by atoms with Gasteiger partial charge in [0.2, 0.25) is 0 Å². The Morgan fingerprint density at radius 1 is 1.17 bits per heavy atom. The Labute approximate surface area is 114 Å². The standard InChI is InChI=1S/C14H14BrFN2/c1-18(9-10-5-7-11(15)8-6-10)13-4-2-3-12(16)14(13)17/h2-8H,9,17H2,1H3. The largest absolute Gasteiger partial charge is 0.395 e. The maximum Gasteiger partial charge on any atom is 0.148 e. The molecule has 0 heterocycles. The Hall–Kier alpha value is -1.55. The highest BCUT2D eigenvalue weighted by Crippen LogP contribution is 2.26. The lowest BCUT2D eigenvalue weighted by Crippen LogP contribution is -2.18. The molecule has 0 bridgehead atoms. The number of halogens is 2. The highest BCUT2D eigenvalue weighted by molar-refractivity contribution is 9.10. The molecule has 0 saturated heterocycles. The van der Waals surface area contributed by atoms with Gasteiger partial charge in [-0.05, 0) is 29.8 Å². The van der Waals surface area contributed by atoms with Gasteiger partial charge < -0.3 is 10.6 Å². The van der Waals surface area contributed by atoms with Crippen molar-refractivity contribution in [3.63, 3.8) is 0 Å². The second kappa shape index (κ2) is 5.40. The van der Waals surface area contributed by atoms with E-state index in [-0.39, 0.29) is 11.5 Å². The molecule has 2 rings (SSSR count). The summed E-state index contributed by atoms with van der Waals surface area (Å²) in [7, 11) is 1.90. The van der Waals surface area contributed by atoms with Gasteiger partial charge in [0.25, 0.3) is 0 Å². The van der Waals surface area contributed by atoms with E-state index in [0.717, 1.165) is 10.0 Å². The molecule has 2 aromatic rings. The van der Waals surface area contributed by atoms with Crippen LogP contribution in [0.1, 0.15) is 5.56 Å². The number of nitrogens with zero attached hydrogens (tertiary/aromatic N) is 1. The van der Waals surface area contributed by atoms with Crippen molar-refractivity contribution >= 4 is 27.3 Å². The lowest BCUT2D eigenvalue weighted by Gasteiger charge is -2.21. The van der Waals surface area contributed by atoms with Gasteiger partial charge in [0.15, 0.2) is 0 Å². The molecule has 0 aromatic heterocycles. The van der Waals surface area contributed by atoms with E-state index in [0.29, 0.717) is 12.2 Å². The Kier molecular flexibility index (Phi) is 3.87. The number of para-hydroxylation sites is 1. The van der Waals surface area contributed by atoms with Crippen molar-refractivity contribution < 1.29 is 4.39 Å². The van der Waals surface area contributed by atoms with Crippen LogP contribution in [-0.2, 0) is 6.54 Å². The molecule has 0 atom stereocenters. The van der Waals surface area contributed by atoms with E-state index in [9.17, 15) is 4.39 Å². The normalized spacial score (nSPS) is 10.4. The molecule has 0 fully saturated rings. The van der Waals surface area contributed by atoms with E-state index in [1.165, 1.54) is 6.07 Å². The summed E-state index contributed by atoms with van der Waals surface area (Å²) in [5.74, 6) is -0.379. The molecule has 2 aromatic carbocycles. The molecular weight excluding hydrogens is 295 g/mol. The molecule has 0 aliphatic carbocycles. The summed E-state index contributed by atoms with van der Waals surface area (Å²) in [4.78, 5) is 1.93. The molecule has 94 valence electrons. The molecule has 0 amide bonds. The van der Waals surface area contributed by atoms with Crippen molar-refractivity contribution in [2.75, 3.05) is 17.7 Å². The van der Waals surface area contributed by atoms with Crippen molar-refractivity contribution in [3.8, 4) is 0 Å². The predicted octanol–water partition coefficient (Wildman–Crippen LogP) is 3.81. The Bertz CT molecular complexity index is 540. The smallest absolute Gasteiger partial charge is 0.148 e. The topological polar surface area (TPSA) is 29.3 Å². The van der Waals surface area contributed by atoms with Crippen LogP contribution < -0.4 is 10.6 Å². The zero-order chi connectivity index (χ0) is 13.1. The molecule has 2 nitrogen and oxygen atoms in total. The van der Waals surface area contributed by atoms with Gasteiger partial charge in [0.05, 0.1) is 11.4 Å². The van der Waals surface area contributed by atoms with Crippen LogP contribution in [0.3, 0.4) is 0 Å². The lowest BCUT2D eigenvalue weighted by molar-refractivity contribution is 0.632. The Morgan fingerprint density at radius 2 is 1.83 bits per heavy atom. The van der Waals surface area contributed by atoms with Crippen molar-refractivity contribution in [2.45, 2.75) is 6.54 Å². The van der Waals surface area contributed by atoms with Gasteiger partial charge in [-0.1, -0.05) is 34.1 Å². The first-order valence-corrected chi connectivity index (χ1v) is 6.37. The van der Waals surface area contributed by atoms with Crippen molar-refractivity contribution in [1.82, 2.24) is 0 Å². The third-order valence-electron chi connectivity index (χ3n) is 2.77. The van der Waals surface area contributed by atoms with Crippen molar-refractivity contribution in [1.29, 1.82) is 0 Å². The molecule has 4 heteroatoms. The monoisotopic (exact) mass is 308 g/mol. The average Bonchev–Trinajstić information content (AvgIpc) is 2.35. The maximum atomic E-state index is 13.4. The number of hydrogen-bond donors (Lipinski definition) is 1. The van der Waals surface area contributed by atoms with E-state index in [4.69, 9.17) is 5.73 Å². The molecule has 0 saturated carbocycles. The summed E-state index contributed by atoms with van der Waals surface area (Å²) in [6, 6.07) is 12.9. The van der Waals surface area contributed by atoms with Gasteiger partial charge in [-0.25, -0.2) is 4.39 Å². The number of anilines is 2. The number of nitrogen functional groups attached to an aromatic ring is 1. The van der Waals surface area contributed by atoms with Crippen LogP contribution in [0.5, 0.6) is 0 Å². The summed E-state index contributed by atoms with van der Waals surface area (Å²) in [6.07, 6.45) is 0. The summed E-state index contributed by atoms with van der Waals surface area (Å²) in [5, 5.41) is 0. The fourth-order valence-electron chi connectivity index (χ4n) is 1.81. The van der Waals surface area contributed by atoms with E-state index in [2.05, 4.69) is 15.9 Å². The SMILES string of the molecule is CN(Cc1ccc(Br)cc1)c1cccc(F)c1N. The van der Waals surface area contributed by atoms with Gasteiger partial charge in [-0.15, -0.1) is 0 Å². The van der Waals surface area contributed by atoms with E-state index in [1.54, 1.807) is 6.07 Å². The summed E-state index contributed by atoms with van der Waals surface area (Å²) in [6.45, 7) is 0.681. The number of rotatable bonds is 3. The quantitative estimate of drug-likeness (QED) is 0.874. The highest BCUT2D eigenvalue weighted by atomic mass is 79.9. The molecule has 0 radical (unpaired) electrons. The average molecular weight is 309 g/mol. The maximum absolute atomic E-state index is 13.4. The summed E-state index contributed by atoms with van der Waals surface area (Å²) in [5.41, 5.74) is 7.78. The lowest BCUT2D eigenvalue weighted by atomic mass is 10.2. The van der Waals surface area contributed by atoms with Gasteiger partial charge >= 0.3 is 0 Å². The minimum atomic E-state index is -0.379. The first kappa shape index (κ1) is 12.9. The minimum absolute atomic E-state index is 0.192. The second-order valence-electron chi connectivity index (χ2n) is 4.16. The van der Waals surface area contributed by atoms with Crippen LogP contribution in [0.25, 0.3) is 0 Å². The molecule has 0 aliphatic rings. The molecule has 0 aliphatic heterocycles. The van der Waals surface area contributed by atoms with Crippen LogP contribution in [0, 0.1) is 5.82 Å². The molecule has 18 heavy (non-hydrogen) atoms. The predicted molar refractivity (Wildman–Crippen MR) is 77.1 cm³/mol. The first-order valence-electron chi connectivity index (χ1n) is 5.57. The molecule has 0 unspecified atom stereocenters. The van der Waals surface area contributed by atoms with Crippen LogP contribution in [0.15, 0.2) is 46.9 Å². The van der Waals surface area contributed by atoms with Gasteiger partial charge in [-0.3, -0.25) is 0 Å². The zero-order valence-electron chi connectivity index (χ0n) is 10.0. The second-order valence-corrected chi connectivity index (χ2v) is 5.07. The molecule has 0 spiro atoms. The minimum Gasteiger partial charge on any atom is -0.395 e. The fraction of sp³-hybridized carbons (Fsp3) is 0.143. The Balaban J connectivity index is 2.19. The third kappa shape index (κ3) is 2.82. The fourth-order valence-corrected chi connectivity index (χ4v) is 2.07. The Morgan fingerprint density at radius 3 is 2.50 bits per heavy atom. The van der Waals surface area contributed by atoms with Gasteiger partial charge in [0.1, 0.15) is 5.82 Å². The van der Waals surface area contributed by atoms with Crippen LogP contribution in [0.2, 0.25) is 0 Å². The third-order valence-corrected chi connectivity index (χ3v) is 3.30. The van der Waals surface area contributed by atoms with Gasteiger partial charge in [-0.2, -0.15) is 0 Å². The number of hydrogen-bond acceptors (Lipinski definition) is 2.